The van der Waals surface area contributed by atoms with Crippen molar-refractivity contribution in [3.8, 4) is 11.4 Å². The van der Waals surface area contributed by atoms with Gasteiger partial charge in [0.2, 0.25) is 0 Å². The fourth-order valence-corrected chi connectivity index (χ4v) is 5.74. The van der Waals surface area contributed by atoms with E-state index in [4.69, 9.17) is 4.74 Å². The summed E-state index contributed by atoms with van der Waals surface area (Å²) in [5.74, 6) is 0.906. The molecule has 0 spiro atoms. The minimum atomic E-state index is 0.0694. The molecule has 0 atom stereocenters. The zero-order valence-electron chi connectivity index (χ0n) is 19.3. The van der Waals surface area contributed by atoms with Gasteiger partial charge in [0, 0.05) is 37.6 Å². The molecule has 174 valence electrons. The van der Waals surface area contributed by atoms with Crippen LogP contribution in [0.4, 0.5) is 0 Å². The number of likely N-dealkylation sites (tertiary alicyclic amines) is 1. The molecule has 0 radical (unpaired) electrons. The number of imidazole rings is 1. The molecule has 1 aromatic heterocycles. The summed E-state index contributed by atoms with van der Waals surface area (Å²) in [5.41, 5.74) is 0.977. The van der Waals surface area contributed by atoms with Crippen molar-refractivity contribution in [3.05, 3.63) is 47.1 Å². The fraction of sp³-hybridized carbons (Fsp3) is 0.654. The highest BCUT2D eigenvalue weighted by atomic mass is 16.5. The maximum Gasteiger partial charge on any atom is 0.332 e. The van der Waals surface area contributed by atoms with E-state index in [-0.39, 0.29) is 5.69 Å². The summed E-state index contributed by atoms with van der Waals surface area (Å²) in [6, 6.07) is 8.89. The van der Waals surface area contributed by atoms with Gasteiger partial charge in [-0.05, 0) is 102 Å². The van der Waals surface area contributed by atoms with Crippen molar-refractivity contribution in [1.29, 1.82) is 0 Å². The van der Waals surface area contributed by atoms with Gasteiger partial charge >= 0.3 is 5.69 Å². The Hall–Kier alpha value is -2.05. The molecule has 2 aliphatic carbocycles. The van der Waals surface area contributed by atoms with E-state index >= 15 is 0 Å². The van der Waals surface area contributed by atoms with Crippen LogP contribution < -0.4 is 15.7 Å². The van der Waals surface area contributed by atoms with E-state index in [1.807, 2.05) is 41.2 Å². The molecule has 6 nitrogen and oxygen atoms in total. The van der Waals surface area contributed by atoms with Crippen LogP contribution in [0.2, 0.25) is 0 Å². The van der Waals surface area contributed by atoms with Gasteiger partial charge in [-0.25, -0.2) is 4.79 Å². The molecule has 0 amide bonds. The predicted molar refractivity (Wildman–Crippen MR) is 128 cm³/mol. The van der Waals surface area contributed by atoms with Crippen LogP contribution in [0.15, 0.2) is 41.5 Å². The van der Waals surface area contributed by atoms with E-state index in [9.17, 15) is 4.79 Å². The van der Waals surface area contributed by atoms with E-state index in [0.717, 1.165) is 56.5 Å². The monoisotopic (exact) mass is 438 g/mol. The molecule has 1 aliphatic heterocycles. The number of rotatable bonds is 8. The minimum absolute atomic E-state index is 0.0694. The van der Waals surface area contributed by atoms with Crippen molar-refractivity contribution in [2.24, 2.45) is 0 Å². The number of ether oxygens (including phenoxy) is 1. The average molecular weight is 439 g/mol. The molecule has 2 heterocycles. The fourth-order valence-electron chi connectivity index (χ4n) is 5.74. The van der Waals surface area contributed by atoms with Crippen LogP contribution in [-0.4, -0.2) is 52.4 Å². The van der Waals surface area contributed by atoms with E-state index in [1.165, 1.54) is 45.3 Å². The average Bonchev–Trinajstić information content (AvgIpc) is 3.58. The van der Waals surface area contributed by atoms with Gasteiger partial charge in [-0.2, -0.15) is 0 Å². The Labute approximate surface area is 191 Å². The van der Waals surface area contributed by atoms with Crippen LogP contribution in [0.1, 0.15) is 70.3 Å². The lowest BCUT2D eigenvalue weighted by Gasteiger charge is -2.30. The smallest absolute Gasteiger partial charge is 0.332 e. The Morgan fingerprint density at radius 1 is 0.875 bits per heavy atom. The molecular weight excluding hydrogens is 400 g/mol. The molecular formula is C26H38N4O2. The second-order valence-electron chi connectivity index (χ2n) is 9.88. The Kier molecular flexibility index (Phi) is 6.98. The van der Waals surface area contributed by atoms with Crippen molar-refractivity contribution < 1.29 is 4.74 Å². The van der Waals surface area contributed by atoms with E-state index in [0.29, 0.717) is 18.2 Å². The van der Waals surface area contributed by atoms with Crippen LogP contribution in [-0.2, 0) is 0 Å². The summed E-state index contributed by atoms with van der Waals surface area (Å²) < 4.78 is 9.77. The lowest BCUT2D eigenvalue weighted by atomic mass is 9.91. The molecule has 0 bridgehead atoms. The molecule has 3 aliphatic rings. The van der Waals surface area contributed by atoms with Crippen molar-refractivity contribution in [2.45, 2.75) is 82.4 Å². The lowest BCUT2D eigenvalue weighted by Crippen LogP contribution is -2.39. The van der Waals surface area contributed by atoms with E-state index in [2.05, 4.69) is 10.2 Å². The molecule has 2 aromatic rings. The molecule has 1 saturated heterocycles. The second kappa shape index (κ2) is 10.3. The number of hydrogen-bond acceptors (Lipinski definition) is 4. The Morgan fingerprint density at radius 2 is 1.59 bits per heavy atom. The standard InChI is InChI=1S/C26H38N4O2/c31-26-29(22-9-7-21(8-10-22)27-15-18-28-16-3-4-17-28)19-20-30(26)23-11-13-25(14-12-23)32-24-5-1-2-6-24/h11-14,19-22,24,27H,1-10,15-18H2. The topological polar surface area (TPSA) is 51.4 Å². The van der Waals surface area contributed by atoms with Crippen molar-refractivity contribution in [3.63, 3.8) is 0 Å². The number of benzene rings is 1. The molecule has 2 saturated carbocycles. The molecule has 1 N–H and O–H groups in total. The van der Waals surface area contributed by atoms with Gasteiger partial charge < -0.3 is 15.0 Å². The van der Waals surface area contributed by atoms with E-state index < -0.39 is 0 Å². The largest absolute Gasteiger partial charge is 0.490 e. The quantitative estimate of drug-likeness (QED) is 0.673. The van der Waals surface area contributed by atoms with Crippen LogP contribution in [0, 0.1) is 0 Å². The number of hydrogen-bond donors (Lipinski definition) is 1. The van der Waals surface area contributed by atoms with Gasteiger partial charge in [-0.15, -0.1) is 0 Å². The van der Waals surface area contributed by atoms with Gasteiger partial charge in [0.25, 0.3) is 0 Å². The summed E-state index contributed by atoms with van der Waals surface area (Å²) in [6.07, 6.45) is 16.2. The van der Waals surface area contributed by atoms with Crippen LogP contribution in [0.5, 0.6) is 5.75 Å². The van der Waals surface area contributed by atoms with Crippen molar-refractivity contribution >= 4 is 0 Å². The van der Waals surface area contributed by atoms with Gasteiger partial charge in [-0.3, -0.25) is 9.13 Å². The van der Waals surface area contributed by atoms with Crippen LogP contribution in [0.25, 0.3) is 5.69 Å². The first-order valence-electron chi connectivity index (χ1n) is 12.8. The molecule has 3 fully saturated rings. The Balaban J connectivity index is 1.13. The van der Waals surface area contributed by atoms with Crippen LogP contribution >= 0.6 is 0 Å². The van der Waals surface area contributed by atoms with E-state index in [1.54, 1.807) is 4.57 Å². The first-order valence-corrected chi connectivity index (χ1v) is 12.8. The number of aromatic nitrogens is 2. The number of nitrogens with zero attached hydrogens (tertiary/aromatic N) is 3. The Morgan fingerprint density at radius 3 is 2.31 bits per heavy atom. The highest BCUT2D eigenvalue weighted by Crippen LogP contribution is 2.28. The highest BCUT2D eigenvalue weighted by molar-refractivity contribution is 5.37. The first-order chi connectivity index (χ1) is 15.8. The Bertz CT molecular complexity index is 899. The van der Waals surface area contributed by atoms with Gasteiger partial charge in [0.1, 0.15) is 5.75 Å². The zero-order chi connectivity index (χ0) is 21.8. The predicted octanol–water partition coefficient (Wildman–Crippen LogP) is 4.13. The second-order valence-corrected chi connectivity index (χ2v) is 9.88. The number of nitrogens with one attached hydrogen (secondary N) is 1. The molecule has 1 aromatic carbocycles. The summed E-state index contributed by atoms with van der Waals surface area (Å²) in [5, 5.41) is 3.75. The normalized spacial score (nSPS) is 24.9. The first kappa shape index (κ1) is 21.8. The van der Waals surface area contributed by atoms with Crippen molar-refractivity contribution in [1.82, 2.24) is 19.4 Å². The maximum absolute atomic E-state index is 13.1. The van der Waals surface area contributed by atoms with Crippen LogP contribution in [0.3, 0.4) is 0 Å². The van der Waals surface area contributed by atoms with Gasteiger partial charge in [-0.1, -0.05) is 0 Å². The van der Waals surface area contributed by atoms with Crippen molar-refractivity contribution in [2.75, 3.05) is 26.2 Å². The summed E-state index contributed by atoms with van der Waals surface area (Å²) in [6.45, 7) is 4.80. The third kappa shape index (κ3) is 5.12. The molecule has 5 rings (SSSR count). The molecule has 0 unspecified atom stereocenters. The maximum atomic E-state index is 13.1. The van der Waals surface area contributed by atoms with Gasteiger partial charge in [0.15, 0.2) is 0 Å². The summed E-state index contributed by atoms with van der Waals surface area (Å²) in [7, 11) is 0. The molecule has 6 heteroatoms. The highest BCUT2D eigenvalue weighted by Gasteiger charge is 2.24. The molecule has 32 heavy (non-hydrogen) atoms. The minimum Gasteiger partial charge on any atom is -0.490 e. The third-order valence-corrected chi connectivity index (χ3v) is 7.67. The van der Waals surface area contributed by atoms with Gasteiger partial charge in [0.05, 0.1) is 11.8 Å². The zero-order valence-corrected chi connectivity index (χ0v) is 19.3. The summed E-state index contributed by atoms with van der Waals surface area (Å²) in [4.78, 5) is 15.7. The third-order valence-electron chi connectivity index (χ3n) is 7.67. The lowest BCUT2D eigenvalue weighted by molar-refractivity contribution is 0.210. The SMILES string of the molecule is O=c1n(-c2ccc(OC3CCCC3)cc2)ccn1C1CCC(NCCN2CCCC2)CC1. The summed E-state index contributed by atoms with van der Waals surface area (Å²) >= 11 is 0.